The lowest BCUT2D eigenvalue weighted by atomic mass is 10.2. The monoisotopic (exact) mass is 355 g/mol. The molecule has 1 aromatic carbocycles. The van der Waals surface area contributed by atoms with Gasteiger partial charge in [-0.2, -0.15) is 0 Å². The van der Waals surface area contributed by atoms with E-state index < -0.39 is 0 Å². The third kappa shape index (κ3) is 4.22. The van der Waals surface area contributed by atoms with Crippen molar-refractivity contribution in [2.45, 2.75) is 19.9 Å². The maximum absolute atomic E-state index is 12.6. The molecule has 1 saturated heterocycles. The lowest BCUT2D eigenvalue weighted by Crippen LogP contribution is -2.49. The van der Waals surface area contributed by atoms with Gasteiger partial charge in [0.2, 0.25) is 0 Å². The van der Waals surface area contributed by atoms with E-state index in [1.807, 2.05) is 43.0 Å². The first-order valence-corrected chi connectivity index (χ1v) is 8.83. The SMILES string of the molecule is COc1ccc(N2CCN(C(=O)c3cnc(NC(C)C)cn3)CC2)cc1. The number of carbonyl (C=O) groups excluding carboxylic acids is 1. The number of methoxy groups -OCH3 is 1. The Balaban J connectivity index is 1.57. The zero-order chi connectivity index (χ0) is 18.5. The minimum Gasteiger partial charge on any atom is -0.497 e. The van der Waals surface area contributed by atoms with Crippen molar-refractivity contribution in [3.63, 3.8) is 0 Å². The van der Waals surface area contributed by atoms with Crippen molar-refractivity contribution in [2.75, 3.05) is 43.5 Å². The Kier molecular flexibility index (Phi) is 5.55. The molecule has 3 rings (SSSR count). The van der Waals surface area contributed by atoms with Gasteiger partial charge >= 0.3 is 0 Å². The standard InChI is InChI=1S/C19H25N5O2/c1-14(2)22-18-13-20-17(12-21-18)19(25)24-10-8-23(9-11-24)15-4-6-16(26-3)7-5-15/h4-7,12-14H,8-11H2,1-3H3,(H,21,22). The first-order valence-electron chi connectivity index (χ1n) is 8.83. The van der Waals surface area contributed by atoms with Gasteiger partial charge in [-0.1, -0.05) is 0 Å². The molecule has 1 fully saturated rings. The molecule has 7 nitrogen and oxygen atoms in total. The van der Waals surface area contributed by atoms with Crippen molar-refractivity contribution >= 4 is 17.4 Å². The third-order valence-electron chi connectivity index (χ3n) is 4.31. The van der Waals surface area contributed by atoms with E-state index in [0.717, 1.165) is 24.5 Å². The van der Waals surface area contributed by atoms with Crippen molar-refractivity contribution in [1.29, 1.82) is 0 Å². The molecule has 1 aromatic heterocycles. The largest absolute Gasteiger partial charge is 0.497 e. The summed E-state index contributed by atoms with van der Waals surface area (Å²) in [6, 6.07) is 8.27. The van der Waals surface area contributed by atoms with Crippen LogP contribution >= 0.6 is 0 Å². The highest BCUT2D eigenvalue weighted by Gasteiger charge is 2.23. The van der Waals surface area contributed by atoms with E-state index in [1.54, 1.807) is 19.5 Å². The number of nitrogens with one attached hydrogen (secondary N) is 1. The average Bonchev–Trinajstić information content (AvgIpc) is 2.68. The molecule has 0 unspecified atom stereocenters. The van der Waals surface area contributed by atoms with Crippen LogP contribution < -0.4 is 15.0 Å². The molecule has 7 heteroatoms. The number of benzene rings is 1. The van der Waals surface area contributed by atoms with Crippen molar-refractivity contribution < 1.29 is 9.53 Å². The highest BCUT2D eigenvalue weighted by atomic mass is 16.5. The smallest absolute Gasteiger partial charge is 0.274 e. The molecule has 0 aliphatic carbocycles. The minimum atomic E-state index is -0.0667. The van der Waals surface area contributed by atoms with Gasteiger partial charge in [-0.05, 0) is 38.1 Å². The highest BCUT2D eigenvalue weighted by molar-refractivity contribution is 5.92. The van der Waals surface area contributed by atoms with Crippen molar-refractivity contribution in [1.82, 2.24) is 14.9 Å². The number of aromatic nitrogens is 2. The molecule has 0 spiro atoms. The van der Waals surface area contributed by atoms with E-state index in [1.165, 1.54) is 0 Å². The van der Waals surface area contributed by atoms with Crippen molar-refractivity contribution in [3.8, 4) is 5.75 Å². The summed E-state index contributed by atoms with van der Waals surface area (Å²) in [5, 5.41) is 3.17. The summed E-state index contributed by atoms with van der Waals surface area (Å²) in [7, 11) is 1.66. The molecule has 2 heterocycles. The van der Waals surface area contributed by atoms with Gasteiger partial charge in [-0.15, -0.1) is 0 Å². The summed E-state index contributed by atoms with van der Waals surface area (Å²) in [6.45, 7) is 6.97. The van der Waals surface area contributed by atoms with Crippen LogP contribution in [0.5, 0.6) is 5.75 Å². The molecule has 1 aliphatic rings. The van der Waals surface area contributed by atoms with Crippen LogP contribution in [0.25, 0.3) is 0 Å². The van der Waals surface area contributed by atoms with Gasteiger partial charge in [-0.3, -0.25) is 4.79 Å². The predicted molar refractivity (Wildman–Crippen MR) is 102 cm³/mol. The molecule has 2 aromatic rings. The zero-order valence-electron chi connectivity index (χ0n) is 15.5. The van der Waals surface area contributed by atoms with Gasteiger partial charge in [0.25, 0.3) is 5.91 Å². The summed E-state index contributed by atoms with van der Waals surface area (Å²) >= 11 is 0. The second kappa shape index (κ2) is 8.03. The predicted octanol–water partition coefficient (Wildman–Crippen LogP) is 2.27. The number of rotatable bonds is 5. The Hall–Kier alpha value is -2.83. The van der Waals surface area contributed by atoms with Crippen LogP contribution in [-0.2, 0) is 0 Å². The van der Waals surface area contributed by atoms with E-state index in [2.05, 4.69) is 20.2 Å². The van der Waals surface area contributed by atoms with Gasteiger partial charge in [0.05, 0.1) is 19.5 Å². The van der Waals surface area contributed by atoms with Crippen LogP contribution in [0.2, 0.25) is 0 Å². The van der Waals surface area contributed by atoms with Crippen molar-refractivity contribution in [3.05, 3.63) is 42.4 Å². The average molecular weight is 355 g/mol. The van der Waals surface area contributed by atoms with Crippen LogP contribution in [0, 0.1) is 0 Å². The Morgan fingerprint density at radius 1 is 1.08 bits per heavy atom. The summed E-state index contributed by atoms with van der Waals surface area (Å²) in [4.78, 5) is 25.3. The Labute approximate surface area is 154 Å². The van der Waals surface area contributed by atoms with E-state index in [9.17, 15) is 4.79 Å². The van der Waals surface area contributed by atoms with Crippen LogP contribution in [0.4, 0.5) is 11.5 Å². The first kappa shape index (κ1) is 18.0. The summed E-state index contributed by atoms with van der Waals surface area (Å²) in [5.74, 6) is 1.46. The molecule has 1 aliphatic heterocycles. The number of ether oxygens (including phenoxy) is 1. The number of carbonyl (C=O) groups is 1. The number of amides is 1. The molecule has 1 N–H and O–H groups in total. The summed E-state index contributed by atoms with van der Waals surface area (Å²) < 4.78 is 5.19. The first-order chi connectivity index (χ1) is 12.6. The fourth-order valence-electron chi connectivity index (χ4n) is 2.93. The van der Waals surface area contributed by atoms with Gasteiger partial charge < -0.3 is 19.9 Å². The van der Waals surface area contributed by atoms with Crippen molar-refractivity contribution in [2.24, 2.45) is 0 Å². The molecule has 0 bridgehead atoms. The van der Waals surface area contributed by atoms with Crippen LogP contribution in [-0.4, -0.2) is 60.1 Å². The van der Waals surface area contributed by atoms with Gasteiger partial charge in [0.15, 0.2) is 0 Å². The van der Waals surface area contributed by atoms with Crippen LogP contribution in [0.3, 0.4) is 0 Å². The third-order valence-corrected chi connectivity index (χ3v) is 4.31. The molecule has 0 atom stereocenters. The lowest BCUT2D eigenvalue weighted by Gasteiger charge is -2.36. The van der Waals surface area contributed by atoms with E-state index in [4.69, 9.17) is 4.74 Å². The maximum Gasteiger partial charge on any atom is 0.274 e. The number of piperazine rings is 1. The highest BCUT2D eigenvalue weighted by Crippen LogP contribution is 2.21. The summed E-state index contributed by atoms with van der Waals surface area (Å²) in [5.41, 5.74) is 1.53. The quantitative estimate of drug-likeness (QED) is 0.887. The fraction of sp³-hybridized carbons (Fsp3) is 0.421. The van der Waals surface area contributed by atoms with Gasteiger partial charge in [0, 0.05) is 37.9 Å². The van der Waals surface area contributed by atoms with E-state index in [0.29, 0.717) is 24.6 Å². The maximum atomic E-state index is 12.6. The molecule has 1 amide bonds. The number of hydrogen-bond donors (Lipinski definition) is 1. The van der Waals surface area contributed by atoms with Gasteiger partial charge in [-0.25, -0.2) is 9.97 Å². The molecule has 0 saturated carbocycles. The number of nitrogens with zero attached hydrogens (tertiary/aromatic N) is 4. The van der Waals surface area contributed by atoms with Gasteiger partial charge in [0.1, 0.15) is 17.3 Å². The molecule has 26 heavy (non-hydrogen) atoms. The normalized spacial score (nSPS) is 14.5. The van der Waals surface area contributed by atoms with Crippen LogP contribution in [0.1, 0.15) is 24.3 Å². The van der Waals surface area contributed by atoms with E-state index in [-0.39, 0.29) is 11.9 Å². The zero-order valence-corrected chi connectivity index (χ0v) is 15.5. The summed E-state index contributed by atoms with van der Waals surface area (Å²) in [6.07, 6.45) is 3.16. The Morgan fingerprint density at radius 2 is 1.77 bits per heavy atom. The van der Waals surface area contributed by atoms with E-state index >= 15 is 0 Å². The second-order valence-electron chi connectivity index (χ2n) is 6.56. The minimum absolute atomic E-state index is 0.0667. The number of anilines is 2. The molecular weight excluding hydrogens is 330 g/mol. The Bertz CT molecular complexity index is 723. The molecule has 0 radical (unpaired) electrons. The van der Waals surface area contributed by atoms with Crippen LogP contribution in [0.15, 0.2) is 36.7 Å². The Morgan fingerprint density at radius 3 is 2.31 bits per heavy atom. The lowest BCUT2D eigenvalue weighted by molar-refractivity contribution is 0.0740. The molecule has 138 valence electrons. The topological polar surface area (TPSA) is 70.6 Å². The second-order valence-corrected chi connectivity index (χ2v) is 6.56. The number of hydrogen-bond acceptors (Lipinski definition) is 6. The molecular formula is C19H25N5O2. The fourth-order valence-corrected chi connectivity index (χ4v) is 2.93.